The van der Waals surface area contributed by atoms with E-state index in [1.807, 2.05) is 23.9 Å². The lowest BCUT2D eigenvalue weighted by Crippen LogP contribution is -2.27. The lowest BCUT2D eigenvalue weighted by atomic mass is 9.95. The molecule has 3 N–H and O–H groups in total. The number of hydrogen-bond acceptors (Lipinski definition) is 4. The molecule has 3 nitrogen and oxygen atoms in total. The molecule has 0 saturated heterocycles. The fourth-order valence-corrected chi connectivity index (χ4v) is 3.38. The van der Waals surface area contributed by atoms with Crippen molar-refractivity contribution in [1.82, 2.24) is 0 Å². The molecule has 0 aliphatic heterocycles. The van der Waals surface area contributed by atoms with Gasteiger partial charge in [0.15, 0.2) is 0 Å². The average Bonchev–Trinajstić information content (AvgIpc) is 2.48. The Morgan fingerprint density at radius 3 is 2.70 bits per heavy atom. The zero-order valence-electron chi connectivity index (χ0n) is 12.5. The molecular formula is C16H26N2OS. The average molecular weight is 294 g/mol. The number of hydrogen-bond donors (Lipinski definition) is 2. The lowest BCUT2D eigenvalue weighted by molar-refractivity contribution is 0.319. The zero-order valence-corrected chi connectivity index (χ0v) is 13.3. The molecule has 0 heterocycles. The molecule has 1 aliphatic rings. The van der Waals surface area contributed by atoms with Crippen molar-refractivity contribution in [1.29, 1.82) is 0 Å². The molecule has 1 saturated carbocycles. The second kappa shape index (κ2) is 7.67. The first kappa shape index (κ1) is 15.4. The molecule has 1 aromatic rings. The van der Waals surface area contributed by atoms with E-state index in [-0.39, 0.29) is 0 Å². The van der Waals surface area contributed by atoms with Gasteiger partial charge in [-0.2, -0.15) is 11.8 Å². The van der Waals surface area contributed by atoms with Gasteiger partial charge in [0.05, 0.1) is 12.3 Å². The van der Waals surface area contributed by atoms with E-state index in [9.17, 15) is 0 Å². The molecule has 2 rings (SSSR count). The van der Waals surface area contributed by atoms with Crippen LogP contribution >= 0.6 is 11.8 Å². The van der Waals surface area contributed by atoms with Crippen molar-refractivity contribution in [3.8, 4) is 5.75 Å². The molecule has 0 atom stereocenters. The minimum absolute atomic E-state index is 0.584. The third kappa shape index (κ3) is 4.23. The summed E-state index contributed by atoms with van der Waals surface area (Å²) < 4.78 is 5.68. The van der Waals surface area contributed by atoms with Gasteiger partial charge in [0.2, 0.25) is 0 Å². The van der Waals surface area contributed by atoms with Gasteiger partial charge < -0.3 is 15.8 Å². The Morgan fingerprint density at radius 2 is 2.05 bits per heavy atom. The maximum absolute atomic E-state index is 5.94. The van der Waals surface area contributed by atoms with Crippen LogP contribution in [0.2, 0.25) is 0 Å². The predicted octanol–water partition coefficient (Wildman–Crippen LogP) is 4.14. The Morgan fingerprint density at radius 1 is 1.30 bits per heavy atom. The molecular weight excluding hydrogens is 268 g/mol. The number of thioether (sulfide) groups is 1. The van der Waals surface area contributed by atoms with Gasteiger partial charge in [-0.25, -0.2) is 0 Å². The molecule has 4 heteroatoms. The Bertz CT molecular complexity index is 417. The fourth-order valence-electron chi connectivity index (χ4n) is 2.64. The number of benzene rings is 1. The molecule has 1 aliphatic carbocycles. The monoisotopic (exact) mass is 294 g/mol. The highest BCUT2D eigenvalue weighted by molar-refractivity contribution is 7.99. The molecule has 0 unspecified atom stereocenters. The van der Waals surface area contributed by atoms with E-state index >= 15 is 0 Å². The number of ether oxygens (including phenoxy) is 1. The fraction of sp³-hybridized carbons (Fsp3) is 0.625. The second-order valence-corrected chi connectivity index (χ2v) is 6.59. The van der Waals surface area contributed by atoms with E-state index in [1.165, 1.54) is 25.7 Å². The van der Waals surface area contributed by atoms with E-state index in [1.54, 1.807) is 0 Å². The quantitative estimate of drug-likeness (QED) is 0.774. The van der Waals surface area contributed by atoms with Crippen LogP contribution in [0.5, 0.6) is 5.75 Å². The standard InChI is InChI=1S/C16H26N2OS/c1-3-10-19-16-11-13(6-9-15(16)17)18-12-4-7-14(20-2)8-5-12/h6,9,11-12,14,18H,3-5,7-8,10,17H2,1-2H3. The Labute approximate surface area is 126 Å². The van der Waals surface area contributed by atoms with Crippen molar-refractivity contribution in [2.24, 2.45) is 0 Å². The molecule has 1 fully saturated rings. The van der Waals surface area contributed by atoms with Crippen molar-refractivity contribution in [2.75, 3.05) is 23.9 Å². The van der Waals surface area contributed by atoms with Crippen LogP contribution in [0, 0.1) is 0 Å². The van der Waals surface area contributed by atoms with Crippen LogP contribution in [0.4, 0.5) is 11.4 Å². The van der Waals surface area contributed by atoms with Gasteiger partial charge in [0, 0.05) is 23.0 Å². The Balaban J connectivity index is 1.92. The highest BCUT2D eigenvalue weighted by Gasteiger charge is 2.20. The van der Waals surface area contributed by atoms with Crippen LogP contribution < -0.4 is 15.8 Å². The summed E-state index contributed by atoms with van der Waals surface area (Å²) in [5.74, 6) is 0.801. The van der Waals surface area contributed by atoms with Gasteiger partial charge >= 0.3 is 0 Å². The van der Waals surface area contributed by atoms with Crippen molar-refractivity contribution < 1.29 is 4.74 Å². The molecule has 0 bridgehead atoms. The van der Waals surface area contributed by atoms with Crippen molar-refractivity contribution in [3.05, 3.63) is 18.2 Å². The summed E-state index contributed by atoms with van der Waals surface area (Å²) in [6.45, 7) is 2.81. The number of nitrogens with two attached hydrogens (primary N) is 1. The lowest BCUT2D eigenvalue weighted by Gasteiger charge is -2.29. The largest absolute Gasteiger partial charge is 0.491 e. The van der Waals surface area contributed by atoms with Gasteiger partial charge in [-0.1, -0.05) is 6.92 Å². The van der Waals surface area contributed by atoms with Crippen LogP contribution in [0.3, 0.4) is 0 Å². The maximum atomic E-state index is 5.94. The first-order valence-corrected chi connectivity index (χ1v) is 8.83. The highest BCUT2D eigenvalue weighted by atomic mass is 32.2. The van der Waals surface area contributed by atoms with Crippen molar-refractivity contribution in [2.45, 2.75) is 50.3 Å². The van der Waals surface area contributed by atoms with Gasteiger partial charge in [0.25, 0.3) is 0 Å². The van der Waals surface area contributed by atoms with Crippen molar-refractivity contribution >= 4 is 23.1 Å². The zero-order chi connectivity index (χ0) is 14.4. The summed E-state index contributed by atoms with van der Waals surface area (Å²) in [5.41, 5.74) is 7.78. The first-order chi connectivity index (χ1) is 9.72. The Hall–Kier alpha value is -1.03. The molecule has 0 amide bonds. The van der Waals surface area contributed by atoms with Crippen LogP contribution in [-0.2, 0) is 0 Å². The number of anilines is 2. The van der Waals surface area contributed by atoms with Crippen molar-refractivity contribution in [3.63, 3.8) is 0 Å². The summed E-state index contributed by atoms with van der Waals surface area (Å²) in [6, 6.07) is 6.60. The number of nitrogens with one attached hydrogen (secondary N) is 1. The summed E-state index contributed by atoms with van der Waals surface area (Å²) in [5, 5.41) is 4.47. The summed E-state index contributed by atoms with van der Waals surface area (Å²) >= 11 is 2.00. The van der Waals surface area contributed by atoms with Gasteiger partial charge in [-0.15, -0.1) is 0 Å². The third-order valence-electron chi connectivity index (χ3n) is 3.85. The van der Waals surface area contributed by atoms with E-state index < -0.39 is 0 Å². The van der Waals surface area contributed by atoms with Gasteiger partial charge in [0.1, 0.15) is 5.75 Å². The molecule has 0 aromatic heterocycles. The normalized spacial score (nSPS) is 22.5. The maximum Gasteiger partial charge on any atom is 0.144 e. The van der Waals surface area contributed by atoms with E-state index in [0.29, 0.717) is 12.6 Å². The first-order valence-electron chi connectivity index (χ1n) is 7.54. The van der Waals surface area contributed by atoms with E-state index in [4.69, 9.17) is 10.5 Å². The van der Waals surface area contributed by atoms with Crippen LogP contribution in [0.25, 0.3) is 0 Å². The second-order valence-electron chi connectivity index (χ2n) is 5.45. The van der Waals surface area contributed by atoms with Gasteiger partial charge in [-0.05, 0) is 50.5 Å². The molecule has 0 spiro atoms. The SMILES string of the molecule is CCCOc1cc(NC2CCC(SC)CC2)ccc1N. The van der Waals surface area contributed by atoms with Crippen LogP contribution in [0.15, 0.2) is 18.2 Å². The van der Waals surface area contributed by atoms with Crippen LogP contribution in [-0.4, -0.2) is 24.2 Å². The van der Waals surface area contributed by atoms with E-state index in [0.717, 1.165) is 28.8 Å². The smallest absolute Gasteiger partial charge is 0.144 e. The van der Waals surface area contributed by atoms with Gasteiger partial charge in [-0.3, -0.25) is 0 Å². The summed E-state index contributed by atoms with van der Waals surface area (Å²) in [4.78, 5) is 0. The number of rotatable bonds is 6. The third-order valence-corrected chi connectivity index (χ3v) is 4.99. The summed E-state index contributed by atoms with van der Waals surface area (Å²) in [7, 11) is 0. The molecule has 20 heavy (non-hydrogen) atoms. The number of nitrogen functional groups attached to an aromatic ring is 1. The Kier molecular flexibility index (Phi) is 5.89. The predicted molar refractivity (Wildman–Crippen MR) is 89.8 cm³/mol. The highest BCUT2D eigenvalue weighted by Crippen LogP contribution is 2.31. The summed E-state index contributed by atoms with van der Waals surface area (Å²) in [6.07, 6.45) is 8.34. The van der Waals surface area contributed by atoms with E-state index in [2.05, 4.69) is 24.6 Å². The topological polar surface area (TPSA) is 47.3 Å². The molecule has 1 aromatic carbocycles. The minimum Gasteiger partial charge on any atom is -0.491 e. The van der Waals surface area contributed by atoms with Crippen LogP contribution in [0.1, 0.15) is 39.0 Å². The minimum atomic E-state index is 0.584. The molecule has 0 radical (unpaired) electrons. The molecule has 112 valence electrons.